The molecule has 108 valence electrons. The van der Waals surface area contributed by atoms with E-state index >= 15 is 0 Å². The Morgan fingerprint density at radius 1 is 1.42 bits per heavy atom. The van der Waals surface area contributed by atoms with Crippen LogP contribution in [0, 0.1) is 6.92 Å². The first-order valence-corrected chi connectivity index (χ1v) is 8.35. The Morgan fingerprint density at radius 2 is 2.16 bits per heavy atom. The van der Waals surface area contributed by atoms with Gasteiger partial charge < -0.3 is 5.32 Å². The molecule has 19 heavy (non-hydrogen) atoms. The van der Waals surface area contributed by atoms with Gasteiger partial charge in [-0.25, -0.2) is 12.7 Å². The molecule has 0 aliphatic heterocycles. The van der Waals surface area contributed by atoms with E-state index in [0.29, 0.717) is 13.1 Å². The maximum absolute atomic E-state index is 11.4. The lowest BCUT2D eigenvalue weighted by atomic mass is 10.1. The summed E-state index contributed by atoms with van der Waals surface area (Å²) in [5.74, 6) is 0. The molecule has 0 saturated heterocycles. The predicted molar refractivity (Wildman–Crippen MR) is 77.4 cm³/mol. The molecule has 0 atom stereocenters. The van der Waals surface area contributed by atoms with E-state index < -0.39 is 10.0 Å². The van der Waals surface area contributed by atoms with Gasteiger partial charge in [-0.2, -0.15) is 0 Å². The van der Waals surface area contributed by atoms with Crippen molar-refractivity contribution >= 4 is 10.0 Å². The van der Waals surface area contributed by atoms with E-state index in [-0.39, 0.29) is 0 Å². The highest BCUT2D eigenvalue weighted by molar-refractivity contribution is 7.88. The molecule has 1 rings (SSSR count). The molecule has 6 heteroatoms. The normalized spacial score (nSPS) is 12.0. The van der Waals surface area contributed by atoms with Gasteiger partial charge in [0.05, 0.1) is 6.26 Å². The van der Waals surface area contributed by atoms with Crippen LogP contribution in [-0.4, -0.2) is 43.6 Å². The smallest absolute Gasteiger partial charge is 0.211 e. The fourth-order valence-electron chi connectivity index (χ4n) is 1.84. The van der Waals surface area contributed by atoms with Gasteiger partial charge in [0.1, 0.15) is 0 Å². The standard InChI is InChI=1S/C13H23N3O2S/c1-4-16(19(3,17)18)9-5-7-14-10-13-11-15-8-6-12(13)2/h6,8,11,14H,4-5,7,9-10H2,1-3H3. The van der Waals surface area contributed by atoms with Crippen molar-refractivity contribution in [1.82, 2.24) is 14.6 Å². The Morgan fingerprint density at radius 3 is 2.74 bits per heavy atom. The van der Waals surface area contributed by atoms with Gasteiger partial charge in [-0.15, -0.1) is 0 Å². The number of aryl methyl sites for hydroxylation is 1. The lowest BCUT2D eigenvalue weighted by molar-refractivity contribution is 0.419. The summed E-state index contributed by atoms with van der Waals surface area (Å²) in [5, 5.41) is 3.31. The number of rotatable bonds is 8. The number of nitrogens with zero attached hydrogens (tertiary/aromatic N) is 2. The number of sulfonamides is 1. The maximum Gasteiger partial charge on any atom is 0.211 e. The van der Waals surface area contributed by atoms with Crippen molar-refractivity contribution in [3.63, 3.8) is 0 Å². The summed E-state index contributed by atoms with van der Waals surface area (Å²) < 4.78 is 24.3. The zero-order chi connectivity index (χ0) is 14.3. The molecular weight excluding hydrogens is 262 g/mol. The average Bonchev–Trinajstić information content (AvgIpc) is 2.34. The monoisotopic (exact) mass is 285 g/mol. The fraction of sp³-hybridized carbons (Fsp3) is 0.615. The minimum absolute atomic E-state index is 0.528. The highest BCUT2D eigenvalue weighted by Crippen LogP contribution is 2.04. The minimum Gasteiger partial charge on any atom is -0.313 e. The third kappa shape index (κ3) is 5.67. The van der Waals surface area contributed by atoms with Crippen LogP contribution in [0.3, 0.4) is 0 Å². The largest absolute Gasteiger partial charge is 0.313 e. The van der Waals surface area contributed by atoms with Crippen molar-refractivity contribution in [3.8, 4) is 0 Å². The molecule has 0 radical (unpaired) electrons. The molecular formula is C13H23N3O2S. The molecule has 0 bridgehead atoms. The summed E-state index contributed by atoms with van der Waals surface area (Å²) >= 11 is 0. The second kappa shape index (κ2) is 7.57. The van der Waals surface area contributed by atoms with Crippen molar-refractivity contribution < 1.29 is 8.42 Å². The van der Waals surface area contributed by atoms with Crippen molar-refractivity contribution in [2.45, 2.75) is 26.8 Å². The Labute approximate surface area is 116 Å². The van der Waals surface area contributed by atoms with Crippen LogP contribution in [0.15, 0.2) is 18.5 Å². The molecule has 0 aliphatic rings. The van der Waals surface area contributed by atoms with Crippen molar-refractivity contribution in [2.75, 3.05) is 25.9 Å². The Kier molecular flexibility index (Phi) is 6.41. The summed E-state index contributed by atoms with van der Waals surface area (Å²) in [6, 6.07) is 1.99. The topological polar surface area (TPSA) is 62.3 Å². The van der Waals surface area contributed by atoms with Gasteiger partial charge in [-0.1, -0.05) is 6.92 Å². The fourth-order valence-corrected chi connectivity index (χ4v) is 2.77. The summed E-state index contributed by atoms with van der Waals surface area (Å²) in [5.41, 5.74) is 2.40. The Balaban J connectivity index is 2.27. The molecule has 0 fully saturated rings. The number of aromatic nitrogens is 1. The number of hydrogen-bond donors (Lipinski definition) is 1. The van der Waals surface area contributed by atoms with Gasteiger partial charge in [-0.05, 0) is 37.1 Å². The van der Waals surface area contributed by atoms with Crippen LogP contribution in [0.5, 0.6) is 0 Å². The van der Waals surface area contributed by atoms with Gasteiger partial charge >= 0.3 is 0 Å². The number of hydrogen-bond acceptors (Lipinski definition) is 4. The van der Waals surface area contributed by atoms with E-state index in [1.54, 1.807) is 6.20 Å². The van der Waals surface area contributed by atoms with Crippen LogP contribution in [0.1, 0.15) is 24.5 Å². The lowest BCUT2D eigenvalue weighted by Gasteiger charge is -2.17. The second-order valence-electron chi connectivity index (χ2n) is 4.59. The van der Waals surface area contributed by atoms with E-state index in [2.05, 4.69) is 17.2 Å². The van der Waals surface area contributed by atoms with Crippen LogP contribution in [0.25, 0.3) is 0 Å². The predicted octanol–water partition coefficient (Wildman–Crippen LogP) is 1.15. The van der Waals surface area contributed by atoms with Gasteiger partial charge in [-0.3, -0.25) is 4.98 Å². The summed E-state index contributed by atoms with van der Waals surface area (Å²) in [4.78, 5) is 4.09. The van der Waals surface area contributed by atoms with E-state index in [0.717, 1.165) is 19.5 Å². The zero-order valence-corrected chi connectivity index (χ0v) is 12.7. The molecule has 0 aliphatic carbocycles. The highest BCUT2D eigenvalue weighted by Gasteiger charge is 2.12. The molecule has 1 aromatic rings. The second-order valence-corrected chi connectivity index (χ2v) is 6.57. The Bertz CT molecular complexity index is 488. The van der Waals surface area contributed by atoms with Gasteiger partial charge in [0, 0.05) is 32.0 Å². The first-order valence-electron chi connectivity index (χ1n) is 6.50. The van der Waals surface area contributed by atoms with E-state index in [1.807, 2.05) is 19.2 Å². The molecule has 0 saturated carbocycles. The van der Waals surface area contributed by atoms with Gasteiger partial charge in [0.15, 0.2) is 0 Å². The molecule has 0 aromatic carbocycles. The van der Waals surface area contributed by atoms with Crippen molar-refractivity contribution in [1.29, 1.82) is 0 Å². The molecule has 1 aromatic heterocycles. The molecule has 0 unspecified atom stereocenters. The van der Waals surface area contributed by atoms with Crippen LogP contribution >= 0.6 is 0 Å². The minimum atomic E-state index is -3.07. The van der Waals surface area contributed by atoms with Crippen LogP contribution in [0.2, 0.25) is 0 Å². The molecule has 1 N–H and O–H groups in total. The van der Waals surface area contributed by atoms with E-state index in [4.69, 9.17) is 0 Å². The number of nitrogens with one attached hydrogen (secondary N) is 1. The van der Waals surface area contributed by atoms with E-state index in [9.17, 15) is 8.42 Å². The highest BCUT2D eigenvalue weighted by atomic mass is 32.2. The lowest BCUT2D eigenvalue weighted by Crippen LogP contribution is -2.32. The third-order valence-electron chi connectivity index (χ3n) is 3.05. The van der Waals surface area contributed by atoms with E-state index in [1.165, 1.54) is 21.7 Å². The SMILES string of the molecule is CCN(CCCNCc1cnccc1C)S(C)(=O)=O. The molecule has 1 heterocycles. The average molecular weight is 285 g/mol. The maximum atomic E-state index is 11.4. The molecule has 0 spiro atoms. The van der Waals surface area contributed by atoms with Gasteiger partial charge in [0.25, 0.3) is 0 Å². The van der Waals surface area contributed by atoms with Crippen molar-refractivity contribution in [2.24, 2.45) is 0 Å². The summed E-state index contributed by atoms with van der Waals surface area (Å²) in [6.07, 6.45) is 5.70. The van der Waals surface area contributed by atoms with Crippen LogP contribution in [0.4, 0.5) is 0 Å². The van der Waals surface area contributed by atoms with Crippen LogP contribution < -0.4 is 5.32 Å². The zero-order valence-electron chi connectivity index (χ0n) is 11.9. The van der Waals surface area contributed by atoms with Crippen molar-refractivity contribution in [3.05, 3.63) is 29.6 Å². The Hall–Kier alpha value is -0.980. The van der Waals surface area contributed by atoms with Crippen LogP contribution in [-0.2, 0) is 16.6 Å². The van der Waals surface area contributed by atoms with Gasteiger partial charge in [0.2, 0.25) is 10.0 Å². The summed E-state index contributed by atoms with van der Waals surface area (Å²) in [6.45, 7) is 6.56. The summed E-state index contributed by atoms with van der Waals surface area (Å²) in [7, 11) is -3.07. The molecule has 0 amide bonds. The molecule has 5 nitrogen and oxygen atoms in total. The quantitative estimate of drug-likeness (QED) is 0.728. The third-order valence-corrected chi connectivity index (χ3v) is 4.42. The first kappa shape index (κ1) is 16.1. The number of pyridine rings is 1. The first-order chi connectivity index (χ1) is 8.95.